The van der Waals surface area contributed by atoms with Crippen LogP contribution >= 0.6 is 0 Å². The summed E-state index contributed by atoms with van der Waals surface area (Å²) in [4.78, 5) is 29.3. The topological polar surface area (TPSA) is 80.3 Å². The molecule has 0 radical (unpaired) electrons. The van der Waals surface area contributed by atoms with E-state index in [2.05, 4.69) is 5.32 Å². The van der Waals surface area contributed by atoms with E-state index in [9.17, 15) is 9.59 Å². The predicted octanol–water partition coefficient (Wildman–Crippen LogP) is 3.08. The van der Waals surface area contributed by atoms with E-state index in [0.29, 0.717) is 42.6 Å². The molecule has 1 fully saturated rings. The Hall–Kier alpha value is -3.42. The minimum Gasteiger partial charge on any atom is -0.493 e. The number of anilines is 1. The summed E-state index contributed by atoms with van der Waals surface area (Å²) in [6.07, 6.45) is 0.742. The van der Waals surface area contributed by atoms with Gasteiger partial charge in [0, 0.05) is 13.1 Å². The fraction of sp³-hybridized carbons (Fsp3) is 0.391. The second-order valence-electron chi connectivity index (χ2n) is 7.50. The Balaban J connectivity index is 1.59. The molecule has 164 valence electrons. The fourth-order valence-corrected chi connectivity index (χ4v) is 4.25. The van der Waals surface area contributed by atoms with E-state index in [1.807, 2.05) is 36.1 Å². The maximum atomic E-state index is 13.0. The largest absolute Gasteiger partial charge is 0.493 e. The molecule has 8 nitrogen and oxygen atoms in total. The number of fused-ring (bicyclic) bond motifs is 3. The summed E-state index contributed by atoms with van der Waals surface area (Å²) >= 11 is 0. The fourth-order valence-electron chi connectivity index (χ4n) is 4.25. The second-order valence-corrected chi connectivity index (χ2v) is 7.50. The molecular weight excluding hydrogens is 398 g/mol. The highest BCUT2D eigenvalue weighted by atomic mass is 16.5. The van der Waals surface area contributed by atoms with Crippen LogP contribution in [0.5, 0.6) is 17.2 Å². The Morgan fingerprint density at radius 1 is 1.13 bits per heavy atom. The number of piperazine rings is 1. The van der Waals surface area contributed by atoms with Gasteiger partial charge in [-0.25, -0.2) is 4.79 Å². The van der Waals surface area contributed by atoms with Gasteiger partial charge in [0.25, 0.3) is 0 Å². The Labute approximate surface area is 181 Å². The van der Waals surface area contributed by atoms with Gasteiger partial charge in [-0.3, -0.25) is 4.79 Å². The van der Waals surface area contributed by atoms with Crippen molar-refractivity contribution >= 4 is 17.6 Å². The molecule has 0 bridgehead atoms. The summed E-state index contributed by atoms with van der Waals surface area (Å²) in [6.45, 7) is 3.45. The lowest BCUT2D eigenvalue weighted by Crippen LogP contribution is -2.56. The molecule has 0 spiro atoms. The minimum atomic E-state index is -0.326. The number of hydrogen-bond acceptors (Lipinski definition) is 5. The van der Waals surface area contributed by atoms with Crippen LogP contribution in [0.1, 0.15) is 24.1 Å². The normalized spacial score (nSPS) is 17.5. The lowest BCUT2D eigenvalue weighted by molar-refractivity contribution is -0.139. The molecule has 1 atom stereocenters. The lowest BCUT2D eigenvalue weighted by Gasteiger charge is -2.44. The molecule has 4 rings (SSSR count). The van der Waals surface area contributed by atoms with E-state index in [4.69, 9.17) is 14.2 Å². The van der Waals surface area contributed by atoms with Gasteiger partial charge in [-0.15, -0.1) is 0 Å². The van der Waals surface area contributed by atoms with E-state index in [0.717, 1.165) is 17.5 Å². The number of methoxy groups -OCH3 is 2. The van der Waals surface area contributed by atoms with Crippen LogP contribution in [-0.2, 0) is 11.2 Å². The molecule has 1 unspecified atom stereocenters. The van der Waals surface area contributed by atoms with Gasteiger partial charge < -0.3 is 29.3 Å². The molecule has 0 saturated carbocycles. The number of carbonyl (C=O) groups excluding carboxylic acids is 2. The average Bonchev–Trinajstić information content (AvgIpc) is 2.79. The smallest absolute Gasteiger partial charge is 0.322 e. The van der Waals surface area contributed by atoms with Crippen molar-refractivity contribution < 1.29 is 23.8 Å². The van der Waals surface area contributed by atoms with E-state index < -0.39 is 0 Å². The Kier molecular flexibility index (Phi) is 5.88. The molecule has 2 aromatic rings. The maximum absolute atomic E-state index is 13.0. The first-order valence-electron chi connectivity index (χ1n) is 10.4. The van der Waals surface area contributed by atoms with Crippen molar-refractivity contribution in [3.63, 3.8) is 0 Å². The first kappa shape index (κ1) is 20.8. The molecule has 8 heteroatoms. The van der Waals surface area contributed by atoms with Crippen LogP contribution in [0, 0.1) is 0 Å². The van der Waals surface area contributed by atoms with Crippen molar-refractivity contribution in [1.82, 2.24) is 9.80 Å². The zero-order valence-corrected chi connectivity index (χ0v) is 18.0. The van der Waals surface area contributed by atoms with Gasteiger partial charge in [-0.1, -0.05) is 12.1 Å². The van der Waals surface area contributed by atoms with Crippen molar-refractivity contribution in [2.24, 2.45) is 0 Å². The monoisotopic (exact) mass is 425 g/mol. The molecule has 2 aliphatic rings. The van der Waals surface area contributed by atoms with E-state index >= 15 is 0 Å². The highest BCUT2D eigenvalue weighted by Gasteiger charge is 2.39. The number of para-hydroxylation sites is 2. The second kappa shape index (κ2) is 8.75. The molecule has 0 aromatic heterocycles. The quantitative estimate of drug-likeness (QED) is 0.796. The summed E-state index contributed by atoms with van der Waals surface area (Å²) < 4.78 is 16.5. The van der Waals surface area contributed by atoms with Gasteiger partial charge in [0.2, 0.25) is 5.91 Å². The van der Waals surface area contributed by atoms with E-state index in [-0.39, 0.29) is 24.5 Å². The SMILES string of the molecule is CCOc1ccccc1NC(=O)N1CC(=O)N2CCc3cc(OC)c(OC)cc3C2C1. The van der Waals surface area contributed by atoms with Gasteiger partial charge in [0.1, 0.15) is 12.3 Å². The molecule has 2 aromatic carbocycles. The van der Waals surface area contributed by atoms with Gasteiger partial charge in [-0.2, -0.15) is 0 Å². The number of amides is 3. The highest BCUT2D eigenvalue weighted by Crippen LogP contribution is 2.39. The van der Waals surface area contributed by atoms with Crippen LogP contribution in [0.15, 0.2) is 36.4 Å². The molecule has 2 aliphatic heterocycles. The lowest BCUT2D eigenvalue weighted by atomic mass is 9.90. The molecular formula is C23H27N3O5. The number of carbonyl (C=O) groups is 2. The number of benzene rings is 2. The van der Waals surface area contributed by atoms with Gasteiger partial charge in [0.05, 0.1) is 32.6 Å². The number of hydrogen-bond donors (Lipinski definition) is 1. The Morgan fingerprint density at radius 3 is 2.61 bits per heavy atom. The summed E-state index contributed by atoms with van der Waals surface area (Å²) in [5, 5.41) is 2.89. The average molecular weight is 425 g/mol. The van der Waals surface area contributed by atoms with Gasteiger partial charge in [0.15, 0.2) is 11.5 Å². The predicted molar refractivity (Wildman–Crippen MR) is 116 cm³/mol. The van der Waals surface area contributed by atoms with Crippen LogP contribution in [0.3, 0.4) is 0 Å². The first-order valence-corrected chi connectivity index (χ1v) is 10.4. The number of ether oxygens (including phenoxy) is 3. The summed E-state index contributed by atoms with van der Waals surface area (Å²) in [7, 11) is 3.20. The van der Waals surface area contributed by atoms with Crippen LogP contribution < -0.4 is 19.5 Å². The summed E-state index contributed by atoms with van der Waals surface area (Å²) in [5.41, 5.74) is 2.68. The standard InChI is InChI=1S/C23H27N3O5/c1-4-31-19-8-6-5-7-17(19)24-23(28)25-13-18-16-12-21(30-3)20(29-2)11-15(16)9-10-26(18)22(27)14-25/h5-8,11-12,18H,4,9-10,13-14H2,1-3H3,(H,24,28). The number of nitrogens with one attached hydrogen (secondary N) is 1. The van der Waals surface area contributed by atoms with Gasteiger partial charge >= 0.3 is 6.03 Å². The molecule has 3 amide bonds. The molecule has 1 saturated heterocycles. The number of rotatable bonds is 5. The van der Waals surface area contributed by atoms with Crippen molar-refractivity contribution in [2.45, 2.75) is 19.4 Å². The molecule has 31 heavy (non-hydrogen) atoms. The Morgan fingerprint density at radius 2 is 1.87 bits per heavy atom. The van der Waals surface area contributed by atoms with Crippen molar-refractivity contribution in [1.29, 1.82) is 0 Å². The van der Waals surface area contributed by atoms with Crippen LogP contribution in [0.2, 0.25) is 0 Å². The van der Waals surface area contributed by atoms with Crippen LogP contribution in [0.25, 0.3) is 0 Å². The van der Waals surface area contributed by atoms with Crippen LogP contribution in [-0.4, -0.2) is 62.2 Å². The summed E-state index contributed by atoms with van der Waals surface area (Å²) in [6, 6.07) is 10.6. The zero-order chi connectivity index (χ0) is 22.0. The van der Waals surface area contributed by atoms with Crippen molar-refractivity contribution in [3.8, 4) is 17.2 Å². The molecule has 1 N–H and O–H groups in total. The minimum absolute atomic E-state index is 0.0434. The maximum Gasteiger partial charge on any atom is 0.322 e. The van der Waals surface area contributed by atoms with E-state index in [1.54, 1.807) is 31.3 Å². The third-order valence-corrected chi connectivity index (χ3v) is 5.76. The van der Waals surface area contributed by atoms with E-state index in [1.165, 1.54) is 0 Å². The molecule has 0 aliphatic carbocycles. The number of urea groups is 1. The van der Waals surface area contributed by atoms with Crippen LogP contribution in [0.4, 0.5) is 10.5 Å². The van der Waals surface area contributed by atoms with Crippen molar-refractivity contribution in [2.75, 3.05) is 45.8 Å². The van der Waals surface area contributed by atoms with Gasteiger partial charge in [-0.05, 0) is 48.7 Å². The summed E-state index contributed by atoms with van der Waals surface area (Å²) in [5.74, 6) is 1.81. The first-order chi connectivity index (χ1) is 15.0. The van der Waals surface area contributed by atoms with Crippen molar-refractivity contribution in [3.05, 3.63) is 47.5 Å². The Bertz CT molecular complexity index is 993. The third-order valence-electron chi connectivity index (χ3n) is 5.76. The third kappa shape index (κ3) is 3.97. The highest BCUT2D eigenvalue weighted by molar-refractivity contribution is 5.94. The number of nitrogens with zero attached hydrogens (tertiary/aromatic N) is 2. The molecule has 2 heterocycles. The zero-order valence-electron chi connectivity index (χ0n) is 18.0.